The number of hydrogen-bond acceptors (Lipinski definition) is 2. The van der Waals surface area contributed by atoms with Crippen molar-refractivity contribution in [1.29, 1.82) is 0 Å². The zero-order valence-corrected chi connectivity index (χ0v) is 12.6. The lowest BCUT2D eigenvalue weighted by molar-refractivity contribution is 0.127. The van der Waals surface area contributed by atoms with Crippen molar-refractivity contribution in [3.8, 4) is 11.4 Å². The standard InChI is InChI=1S/C14H17IN2O/c1-2-10-18-11-9-17-8-7-16-14(17)12-3-5-13(15)6-4-12/h3-8H,2,9-11H2,1H3. The third-order valence-electron chi connectivity index (χ3n) is 2.64. The van der Waals surface area contributed by atoms with Gasteiger partial charge < -0.3 is 9.30 Å². The summed E-state index contributed by atoms with van der Waals surface area (Å²) < 4.78 is 8.89. The van der Waals surface area contributed by atoms with Gasteiger partial charge in [-0.15, -0.1) is 0 Å². The molecule has 0 N–H and O–H groups in total. The molecule has 0 unspecified atom stereocenters. The van der Waals surface area contributed by atoms with Gasteiger partial charge >= 0.3 is 0 Å². The van der Waals surface area contributed by atoms with Crippen LogP contribution in [0.1, 0.15) is 13.3 Å². The van der Waals surface area contributed by atoms with Gasteiger partial charge in [0.25, 0.3) is 0 Å². The first-order valence-electron chi connectivity index (χ1n) is 6.16. The predicted octanol–water partition coefficient (Wildman–Crippen LogP) is 3.58. The summed E-state index contributed by atoms with van der Waals surface area (Å²) >= 11 is 2.31. The minimum atomic E-state index is 0.738. The van der Waals surface area contributed by atoms with Gasteiger partial charge in [-0.05, 0) is 41.1 Å². The van der Waals surface area contributed by atoms with E-state index in [2.05, 4.69) is 63.3 Å². The minimum absolute atomic E-state index is 0.738. The molecule has 1 heterocycles. The Labute approximate surface area is 121 Å². The Balaban J connectivity index is 2.05. The van der Waals surface area contributed by atoms with Gasteiger partial charge in [-0.2, -0.15) is 0 Å². The highest BCUT2D eigenvalue weighted by molar-refractivity contribution is 14.1. The highest BCUT2D eigenvalue weighted by Gasteiger charge is 2.05. The summed E-state index contributed by atoms with van der Waals surface area (Å²) in [6.07, 6.45) is 4.91. The van der Waals surface area contributed by atoms with E-state index in [1.165, 1.54) is 3.57 Å². The van der Waals surface area contributed by atoms with Crippen LogP contribution in [0.5, 0.6) is 0 Å². The van der Waals surface area contributed by atoms with E-state index in [1.807, 2.05) is 12.4 Å². The van der Waals surface area contributed by atoms with E-state index in [0.29, 0.717) is 0 Å². The fourth-order valence-electron chi connectivity index (χ4n) is 1.76. The van der Waals surface area contributed by atoms with Crippen LogP contribution in [0.3, 0.4) is 0 Å². The normalized spacial score (nSPS) is 10.8. The molecule has 3 nitrogen and oxygen atoms in total. The summed E-state index contributed by atoms with van der Waals surface area (Å²) in [5.41, 5.74) is 1.15. The van der Waals surface area contributed by atoms with Crippen molar-refractivity contribution in [1.82, 2.24) is 9.55 Å². The molecule has 0 aliphatic carbocycles. The molecule has 2 rings (SSSR count). The second-order valence-corrected chi connectivity index (χ2v) is 5.31. The van der Waals surface area contributed by atoms with Crippen LogP contribution in [-0.4, -0.2) is 22.8 Å². The van der Waals surface area contributed by atoms with E-state index in [1.54, 1.807) is 0 Å². The van der Waals surface area contributed by atoms with E-state index in [4.69, 9.17) is 4.74 Å². The maximum atomic E-state index is 5.52. The van der Waals surface area contributed by atoms with Crippen LogP contribution in [0.25, 0.3) is 11.4 Å². The topological polar surface area (TPSA) is 27.1 Å². The first-order chi connectivity index (χ1) is 8.81. The summed E-state index contributed by atoms with van der Waals surface area (Å²) in [4.78, 5) is 4.42. The van der Waals surface area contributed by atoms with Gasteiger partial charge in [0.05, 0.1) is 6.61 Å². The number of imidazole rings is 1. The average Bonchev–Trinajstić information content (AvgIpc) is 2.84. The molecule has 0 atom stereocenters. The monoisotopic (exact) mass is 356 g/mol. The number of halogens is 1. The van der Waals surface area contributed by atoms with Gasteiger partial charge in [0.15, 0.2) is 0 Å². The van der Waals surface area contributed by atoms with Crippen LogP contribution in [0, 0.1) is 3.57 Å². The van der Waals surface area contributed by atoms with Crippen LogP contribution in [0.2, 0.25) is 0 Å². The number of rotatable bonds is 6. The lowest BCUT2D eigenvalue weighted by atomic mass is 10.2. The van der Waals surface area contributed by atoms with Crippen molar-refractivity contribution in [2.75, 3.05) is 13.2 Å². The Morgan fingerprint density at radius 1 is 1.22 bits per heavy atom. The predicted molar refractivity (Wildman–Crippen MR) is 81.5 cm³/mol. The summed E-state index contributed by atoms with van der Waals surface area (Å²) in [6, 6.07) is 8.41. The minimum Gasteiger partial charge on any atom is -0.380 e. The molecule has 0 fully saturated rings. The maximum absolute atomic E-state index is 5.52. The SMILES string of the molecule is CCCOCCn1ccnc1-c1ccc(I)cc1. The zero-order valence-electron chi connectivity index (χ0n) is 10.5. The van der Waals surface area contributed by atoms with Gasteiger partial charge in [0.1, 0.15) is 5.82 Å². The molecular weight excluding hydrogens is 339 g/mol. The fraction of sp³-hybridized carbons (Fsp3) is 0.357. The Morgan fingerprint density at radius 3 is 2.72 bits per heavy atom. The Hall–Kier alpha value is -0.880. The van der Waals surface area contributed by atoms with Crippen molar-refractivity contribution in [2.45, 2.75) is 19.9 Å². The summed E-state index contributed by atoms with van der Waals surface area (Å²) in [5.74, 6) is 1.01. The molecule has 0 amide bonds. The molecule has 0 bridgehead atoms. The van der Waals surface area contributed by atoms with Crippen LogP contribution in [0.15, 0.2) is 36.7 Å². The first-order valence-corrected chi connectivity index (χ1v) is 7.24. The molecule has 2 aromatic rings. The molecule has 18 heavy (non-hydrogen) atoms. The Kier molecular flexibility index (Phi) is 5.19. The molecule has 1 aromatic heterocycles. The van der Waals surface area contributed by atoms with E-state index >= 15 is 0 Å². The van der Waals surface area contributed by atoms with E-state index < -0.39 is 0 Å². The number of benzene rings is 1. The van der Waals surface area contributed by atoms with E-state index in [0.717, 1.165) is 37.6 Å². The fourth-order valence-corrected chi connectivity index (χ4v) is 2.12. The van der Waals surface area contributed by atoms with Crippen LogP contribution < -0.4 is 0 Å². The highest BCUT2D eigenvalue weighted by Crippen LogP contribution is 2.18. The number of nitrogens with zero attached hydrogens (tertiary/aromatic N) is 2. The second kappa shape index (κ2) is 6.89. The van der Waals surface area contributed by atoms with Gasteiger partial charge in [-0.25, -0.2) is 4.98 Å². The van der Waals surface area contributed by atoms with Crippen LogP contribution in [-0.2, 0) is 11.3 Å². The molecule has 0 aliphatic rings. The van der Waals surface area contributed by atoms with Gasteiger partial charge in [0.2, 0.25) is 0 Å². The third kappa shape index (κ3) is 3.55. The van der Waals surface area contributed by atoms with E-state index in [-0.39, 0.29) is 0 Å². The highest BCUT2D eigenvalue weighted by atomic mass is 127. The summed E-state index contributed by atoms with van der Waals surface area (Å²) in [7, 11) is 0. The summed E-state index contributed by atoms with van der Waals surface area (Å²) in [5, 5.41) is 0. The molecule has 0 saturated carbocycles. The number of hydrogen-bond donors (Lipinski definition) is 0. The molecule has 0 aliphatic heterocycles. The van der Waals surface area contributed by atoms with Crippen molar-refractivity contribution in [2.24, 2.45) is 0 Å². The quantitative estimate of drug-likeness (QED) is 0.584. The molecule has 4 heteroatoms. The van der Waals surface area contributed by atoms with Crippen molar-refractivity contribution < 1.29 is 4.74 Å². The van der Waals surface area contributed by atoms with Gasteiger partial charge in [0, 0.05) is 34.7 Å². The first kappa shape index (κ1) is 13.5. The summed E-state index contributed by atoms with van der Waals surface area (Å²) in [6.45, 7) is 4.53. The smallest absolute Gasteiger partial charge is 0.139 e. The molecule has 96 valence electrons. The van der Waals surface area contributed by atoms with Crippen molar-refractivity contribution >= 4 is 22.6 Å². The average molecular weight is 356 g/mol. The van der Waals surface area contributed by atoms with Crippen LogP contribution in [0.4, 0.5) is 0 Å². The van der Waals surface area contributed by atoms with Crippen molar-refractivity contribution in [3.63, 3.8) is 0 Å². The Morgan fingerprint density at radius 2 is 2.00 bits per heavy atom. The second-order valence-electron chi connectivity index (χ2n) is 4.06. The third-order valence-corrected chi connectivity index (χ3v) is 3.36. The number of ether oxygens (including phenoxy) is 1. The Bertz CT molecular complexity index is 479. The van der Waals surface area contributed by atoms with Gasteiger partial charge in [-0.3, -0.25) is 0 Å². The molecule has 0 spiro atoms. The lowest BCUT2D eigenvalue weighted by Crippen LogP contribution is -2.07. The van der Waals surface area contributed by atoms with E-state index in [9.17, 15) is 0 Å². The van der Waals surface area contributed by atoms with Crippen molar-refractivity contribution in [3.05, 3.63) is 40.2 Å². The van der Waals surface area contributed by atoms with Gasteiger partial charge in [-0.1, -0.05) is 19.1 Å². The van der Waals surface area contributed by atoms with Crippen LogP contribution >= 0.6 is 22.6 Å². The molecule has 0 saturated heterocycles. The largest absolute Gasteiger partial charge is 0.380 e. The number of aromatic nitrogens is 2. The zero-order chi connectivity index (χ0) is 12.8. The lowest BCUT2D eigenvalue weighted by Gasteiger charge is -2.08. The molecule has 0 radical (unpaired) electrons. The maximum Gasteiger partial charge on any atom is 0.139 e. The molecular formula is C14H17IN2O. The molecule has 1 aromatic carbocycles.